The Morgan fingerprint density at radius 1 is 1.10 bits per heavy atom. The third-order valence-electron chi connectivity index (χ3n) is 7.22. The number of nitrogens with zero attached hydrogens (tertiary/aromatic N) is 8. The predicted molar refractivity (Wildman–Crippen MR) is 151 cm³/mol. The molecule has 1 aliphatic rings. The van der Waals surface area contributed by atoms with Gasteiger partial charge in [0, 0.05) is 37.6 Å². The summed E-state index contributed by atoms with van der Waals surface area (Å²) in [4.78, 5) is 34.3. The lowest BCUT2D eigenvalue weighted by Gasteiger charge is -2.40. The Labute approximate surface area is 226 Å². The second-order valence-corrected chi connectivity index (χ2v) is 9.83. The van der Waals surface area contributed by atoms with Gasteiger partial charge in [-0.25, -0.2) is 24.5 Å². The minimum atomic E-state index is -0.0359. The van der Waals surface area contributed by atoms with Crippen LogP contribution in [-0.2, 0) is 11.2 Å². The number of rotatable bonds is 6. The van der Waals surface area contributed by atoms with Gasteiger partial charge in [-0.1, -0.05) is 12.6 Å². The van der Waals surface area contributed by atoms with Crippen LogP contribution in [0.4, 0.5) is 17.3 Å². The Bertz CT molecular complexity index is 1700. The summed E-state index contributed by atoms with van der Waals surface area (Å²) in [6, 6.07) is 14.5. The van der Waals surface area contributed by atoms with Crippen LogP contribution in [0.2, 0.25) is 0 Å². The Kier molecular flexibility index (Phi) is 6.36. The summed E-state index contributed by atoms with van der Waals surface area (Å²) in [6.07, 6.45) is 7.23. The van der Waals surface area contributed by atoms with E-state index in [1.807, 2.05) is 30.2 Å². The number of pyridine rings is 2. The van der Waals surface area contributed by atoms with E-state index >= 15 is 0 Å². The maximum absolute atomic E-state index is 12.1. The van der Waals surface area contributed by atoms with Crippen LogP contribution in [0, 0.1) is 6.92 Å². The first-order chi connectivity index (χ1) is 19.0. The zero-order chi connectivity index (χ0) is 26.9. The number of fused-ring (bicyclic) bond motifs is 2. The van der Waals surface area contributed by atoms with E-state index in [-0.39, 0.29) is 11.9 Å². The lowest BCUT2D eigenvalue weighted by Crippen LogP contribution is -2.53. The van der Waals surface area contributed by atoms with Crippen molar-refractivity contribution in [1.82, 2.24) is 34.4 Å². The van der Waals surface area contributed by atoms with Gasteiger partial charge < -0.3 is 15.1 Å². The molecule has 1 atom stereocenters. The largest absolute Gasteiger partial charge is 0.353 e. The molecule has 10 heteroatoms. The van der Waals surface area contributed by atoms with Crippen molar-refractivity contribution in [1.29, 1.82) is 0 Å². The smallest absolute Gasteiger partial charge is 0.246 e. The highest BCUT2D eigenvalue weighted by Gasteiger charge is 2.27. The molecule has 0 unspecified atom stereocenters. The monoisotopic (exact) mass is 519 g/mol. The number of carbonyl (C=O) groups is 1. The van der Waals surface area contributed by atoms with E-state index in [1.54, 1.807) is 17.2 Å². The molecule has 5 aromatic rings. The first kappa shape index (κ1) is 24.5. The lowest BCUT2D eigenvalue weighted by molar-refractivity contribution is -0.128. The maximum atomic E-state index is 12.1. The number of nitrogens with one attached hydrogen (secondary N) is 1. The van der Waals surface area contributed by atoms with E-state index in [4.69, 9.17) is 4.98 Å². The summed E-state index contributed by atoms with van der Waals surface area (Å²) >= 11 is 0. The van der Waals surface area contributed by atoms with Gasteiger partial charge in [0.1, 0.15) is 24.0 Å². The molecule has 5 heterocycles. The van der Waals surface area contributed by atoms with Gasteiger partial charge in [-0.2, -0.15) is 5.10 Å². The van der Waals surface area contributed by atoms with Gasteiger partial charge >= 0.3 is 0 Å². The molecule has 1 N–H and O–H groups in total. The number of amides is 1. The average molecular weight is 520 g/mol. The SMILES string of the molecule is C=CC(=O)N1CCN(c2ccc3ncnc(Nc4ccc(Cc5ccn6ncnc6c5)c(C)c4)c3n2)C[C@H]1C. The molecule has 1 saturated heterocycles. The van der Waals surface area contributed by atoms with Crippen molar-refractivity contribution < 1.29 is 4.79 Å². The summed E-state index contributed by atoms with van der Waals surface area (Å²) in [5.74, 6) is 1.46. The van der Waals surface area contributed by atoms with Gasteiger partial charge in [0.2, 0.25) is 5.91 Å². The molecule has 196 valence electrons. The van der Waals surface area contributed by atoms with E-state index in [9.17, 15) is 4.79 Å². The first-order valence-corrected chi connectivity index (χ1v) is 12.9. The minimum absolute atomic E-state index is 0.0359. The predicted octanol–water partition coefficient (Wildman–Crippen LogP) is 3.93. The fourth-order valence-electron chi connectivity index (χ4n) is 5.10. The van der Waals surface area contributed by atoms with Gasteiger partial charge in [0.05, 0.1) is 5.52 Å². The number of aromatic nitrogens is 6. The van der Waals surface area contributed by atoms with Crippen LogP contribution < -0.4 is 10.2 Å². The van der Waals surface area contributed by atoms with Crippen LogP contribution in [0.5, 0.6) is 0 Å². The van der Waals surface area contributed by atoms with E-state index in [1.165, 1.54) is 22.8 Å². The van der Waals surface area contributed by atoms with Crippen molar-refractivity contribution in [2.45, 2.75) is 26.3 Å². The highest BCUT2D eigenvalue weighted by molar-refractivity contribution is 5.89. The van der Waals surface area contributed by atoms with Crippen molar-refractivity contribution in [3.05, 3.63) is 90.7 Å². The number of piperazine rings is 1. The van der Waals surface area contributed by atoms with Crippen molar-refractivity contribution in [3.63, 3.8) is 0 Å². The van der Waals surface area contributed by atoms with Crippen LogP contribution in [0.3, 0.4) is 0 Å². The van der Waals surface area contributed by atoms with Gasteiger partial charge in [-0.05, 0) is 79.4 Å². The van der Waals surface area contributed by atoms with E-state index < -0.39 is 0 Å². The topological polar surface area (TPSA) is 104 Å². The molecule has 0 radical (unpaired) electrons. The lowest BCUT2D eigenvalue weighted by atomic mass is 10.0. The number of hydrogen-bond acceptors (Lipinski definition) is 8. The van der Waals surface area contributed by atoms with E-state index in [2.05, 4.69) is 74.1 Å². The summed E-state index contributed by atoms with van der Waals surface area (Å²) in [7, 11) is 0. The van der Waals surface area contributed by atoms with Crippen molar-refractivity contribution >= 4 is 39.9 Å². The molecule has 1 amide bonds. The summed E-state index contributed by atoms with van der Waals surface area (Å²) < 4.78 is 1.76. The summed E-state index contributed by atoms with van der Waals surface area (Å²) in [6.45, 7) is 9.80. The highest BCUT2D eigenvalue weighted by atomic mass is 16.2. The standard InChI is InChI=1S/C29H29N9O/c1-4-27(39)37-12-11-36(16-20(37)3)25-8-7-24-28(35-25)29(32-17-30-24)34-23-6-5-22(19(2)13-23)14-21-9-10-38-26(15-21)31-18-33-38/h4-10,13,15,17-18,20H,1,11-12,14,16H2,2-3H3,(H,30,32,34)/t20-/m1/s1. The van der Waals surface area contributed by atoms with Crippen LogP contribution in [0.15, 0.2) is 74.0 Å². The number of aryl methyl sites for hydroxylation is 1. The maximum Gasteiger partial charge on any atom is 0.246 e. The normalized spacial score (nSPS) is 15.6. The molecule has 10 nitrogen and oxygen atoms in total. The van der Waals surface area contributed by atoms with Gasteiger partial charge in [-0.15, -0.1) is 0 Å². The number of anilines is 3. The van der Waals surface area contributed by atoms with Gasteiger partial charge in [-0.3, -0.25) is 4.79 Å². The highest BCUT2D eigenvalue weighted by Crippen LogP contribution is 2.27. The molecular weight excluding hydrogens is 490 g/mol. The van der Waals surface area contributed by atoms with Gasteiger partial charge in [0.25, 0.3) is 0 Å². The number of hydrogen-bond donors (Lipinski definition) is 1. The minimum Gasteiger partial charge on any atom is -0.353 e. The third-order valence-corrected chi connectivity index (χ3v) is 7.22. The van der Waals surface area contributed by atoms with E-state index in [0.29, 0.717) is 31.0 Å². The number of carbonyl (C=O) groups excluding carboxylic acids is 1. The molecule has 1 aliphatic heterocycles. The van der Waals surface area contributed by atoms with Gasteiger partial charge in [0.15, 0.2) is 11.5 Å². The zero-order valence-electron chi connectivity index (χ0n) is 21.9. The Morgan fingerprint density at radius 3 is 2.82 bits per heavy atom. The Morgan fingerprint density at radius 2 is 2.00 bits per heavy atom. The van der Waals surface area contributed by atoms with Crippen LogP contribution in [-0.4, -0.2) is 66.0 Å². The third kappa shape index (κ3) is 4.88. The Hall–Kier alpha value is -4.86. The molecule has 1 aromatic carbocycles. The molecule has 0 spiro atoms. The molecule has 39 heavy (non-hydrogen) atoms. The van der Waals surface area contributed by atoms with Crippen LogP contribution in [0.1, 0.15) is 23.6 Å². The second kappa shape index (κ2) is 10.1. The number of benzene rings is 1. The first-order valence-electron chi connectivity index (χ1n) is 12.9. The van der Waals surface area contributed by atoms with Crippen LogP contribution in [0.25, 0.3) is 16.7 Å². The molecule has 0 saturated carbocycles. The fourth-order valence-corrected chi connectivity index (χ4v) is 5.10. The molecule has 4 aromatic heterocycles. The average Bonchev–Trinajstić information content (AvgIpc) is 3.42. The molecule has 0 bridgehead atoms. The fraction of sp³-hybridized carbons (Fsp3) is 0.241. The zero-order valence-corrected chi connectivity index (χ0v) is 21.9. The van der Waals surface area contributed by atoms with Crippen molar-refractivity contribution in [2.75, 3.05) is 29.9 Å². The second-order valence-electron chi connectivity index (χ2n) is 9.83. The molecule has 0 aliphatic carbocycles. The Balaban J connectivity index is 1.22. The quantitative estimate of drug-likeness (QED) is 0.337. The van der Waals surface area contributed by atoms with Crippen molar-refractivity contribution in [2.24, 2.45) is 0 Å². The molecule has 6 rings (SSSR count). The molecular formula is C29H29N9O. The summed E-state index contributed by atoms with van der Waals surface area (Å²) in [5.41, 5.74) is 6.84. The molecule has 1 fully saturated rings. The van der Waals surface area contributed by atoms with E-state index in [0.717, 1.165) is 29.1 Å². The van der Waals surface area contributed by atoms with Crippen molar-refractivity contribution in [3.8, 4) is 0 Å². The van der Waals surface area contributed by atoms with Crippen LogP contribution >= 0.6 is 0 Å². The summed E-state index contributed by atoms with van der Waals surface area (Å²) in [5, 5.41) is 7.62.